The first kappa shape index (κ1) is 13.9. The lowest BCUT2D eigenvalue weighted by Gasteiger charge is -2.18. The van der Waals surface area contributed by atoms with E-state index in [2.05, 4.69) is 15.3 Å². The van der Waals surface area contributed by atoms with Crippen molar-refractivity contribution >= 4 is 0 Å². The van der Waals surface area contributed by atoms with Gasteiger partial charge in [0.15, 0.2) is 0 Å². The Labute approximate surface area is 98.5 Å². The molecular weight excluding hydrogens is 231 g/mol. The van der Waals surface area contributed by atoms with Gasteiger partial charge in [0.25, 0.3) is 0 Å². The molecule has 0 aromatic carbocycles. The fourth-order valence-electron chi connectivity index (χ4n) is 1.47. The number of halogens is 3. The van der Waals surface area contributed by atoms with Crippen LogP contribution in [-0.2, 0) is 0 Å². The molecule has 0 aliphatic carbocycles. The maximum atomic E-state index is 12.2. The van der Waals surface area contributed by atoms with Crippen molar-refractivity contribution in [2.45, 2.75) is 38.4 Å². The van der Waals surface area contributed by atoms with Crippen molar-refractivity contribution in [3.8, 4) is 0 Å². The van der Waals surface area contributed by atoms with Gasteiger partial charge in [0.2, 0.25) is 0 Å². The molecular formula is C11H16F3N3. The highest BCUT2D eigenvalue weighted by Crippen LogP contribution is 2.26. The Morgan fingerprint density at radius 2 is 2.12 bits per heavy atom. The number of hydrogen-bond acceptors (Lipinski definition) is 3. The highest BCUT2D eigenvalue weighted by Gasteiger charge is 2.28. The Kier molecular flexibility index (Phi) is 5.34. The zero-order valence-corrected chi connectivity index (χ0v) is 9.67. The Balaban J connectivity index is 2.61. The Hall–Kier alpha value is -1.17. The van der Waals surface area contributed by atoms with E-state index in [9.17, 15) is 13.2 Å². The molecule has 1 aromatic heterocycles. The van der Waals surface area contributed by atoms with Crippen LogP contribution in [0.1, 0.15) is 37.9 Å². The number of hydrogen-bond donors (Lipinski definition) is 1. The molecule has 1 atom stereocenters. The third kappa shape index (κ3) is 5.63. The lowest BCUT2D eigenvalue weighted by molar-refractivity contribution is -0.136. The summed E-state index contributed by atoms with van der Waals surface area (Å²) in [7, 11) is 0. The van der Waals surface area contributed by atoms with Crippen molar-refractivity contribution in [3.63, 3.8) is 0 Å². The van der Waals surface area contributed by atoms with E-state index >= 15 is 0 Å². The van der Waals surface area contributed by atoms with Gasteiger partial charge in [-0.05, 0) is 19.4 Å². The van der Waals surface area contributed by atoms with E-state index < -0.39 is 12.6 Å². The minimum atomic E-state index is -4.13. The molecule has 1 heterocycles. The van der Waals surface area contributed by atoms with Gasteiger partial charge in [0.1, 0.15) is 0 Å². The smallest absolute Gasteiger partial charge is 0.309 e. The molecule has 0 aliphatic rings. The van der Waals surface area contributed by atoms with E-state index in [0.29, 0.717) is 12.2 Å². The maximum absolute atomic E-state index is 12.2. The molecule has 0 bridgehead atoms. The Morgan fingerprint density at radius 3 is 2.65 bits per heavy atom. The molecule has 6 heteroatoms. The van der Waals surface area contributed by atoms with Gasteiger partial charge in [-0.2, -0.15) is 13.2 Å². The highest BCUT2D eigenvalue weighted by molar-refractivity contribution is 5.02. The third-order valence-electron chi connectivity index (χ3n) is 2.30. The normalized spacial score (nSPS) is 13.6. The third-order valence-corrected chi connectivity index (χ3v) is 2.30. The van der Waals surface area contributed by atoms with Crippen LogP contribution in [0.5, 0.6) is 0 Å². The van der Waals surface area contributed by atoms with Gasteiger partial charge in [-0.25, -0.2) is 0 Å². The highest BCUT2D eigenvalue weighted by atomic mass is 19.4. The zero-order chi connectivity index (χ0) is 12.7. The summed E-state index contributed by atoms with van der Waals surface area (Å²) in [6, 6.07) is -0.384. The molecule has 1 aromatic rings. The van der Waals surface area contributed by atoms with Crippen molar-refractivity contribution in [3.05, 3.63) is 24.3 Å². The van der Waals surface area contributed by atoms with Gasteiger partial charge in [0, 0.05) is 25.0 Å². The van der Waals surface area contributed by atoms with E-state index in [4.69, 9.17) is 0 Å². The van der Waals surface area contributed by atoms with Crippen LogP contribution in [0.25, 0.3) is 0 Å². The van der Waals surface area contributed by atoms with Gasteiger partial charge in [-0.15, -0.1) is 0 Å². The summed E-state index contributed by atoms with van der Waals surface area (Å²) in [6.45, 7) is 2.63. The van der Waals surface area contributed by atoms with Crippen LogP contribution in [0, 0.1) is 0 Å². The average Bonchev–Trinajstić information content (AvgIpc) is 2.29. The van der Waals surface area contributed by atoms with Crippen molar-refractivity contribution in [1.29, 1.82) is 0 Å². The first-order valence-corrected chi connectivity index (χ1v) is 5.59. The van der Waals surface area contributed by atoms with Crippen LogP contribution in [0.3, 0.4) is 0 Å². The quantitative estimate of drug-likeness (QED) is 0.840. The summed E-state index contributed by atoms with van der Waals surface area (Å²) in [5.74, 6) is 0. The van der Waals surface area contributed by atoms with Gasteiger partial charge < -0.3 is 5.32 Å². The SMILES string of the molecule is CCCNC(CCC(F)(F)F)c1cnccn1. The first-order valence-electron chi connectivity index (χ1n) is 5.59. The molecule has 0 spiro atoms. The fourth-order valence-corrected chi connectivity index (χ4v) is 1.47. The van der Waals surface area contributed by atoms with E-state index in [1.54, 1.807) is 0 Å². The Bertz CT molecular complexity index is 313. The molecule has 17 heavy (non-hydrogen) atoms. The van der Waals surface area contributed by atoms with Crippen molar-refractivity contribution in [2.24, 2.45) is 0 Å². The molecule has 96 valence electrons. The van der Waals surface area contributed by atoms with Gasteiger partial charge in [-0.3, -0.25) is 9.97 Å². The second-order valence-corrected chi connectivity index (χ2v) is 3.79. The predicted molar refractivity (Wildman–Crippen MR) is 58.4 cm³/mol. The number of rotatable bonds is 6. The Morgan fingerprint density at radius 1 is 1.35 bits per heavy atom. The molecule has 1 N–H and O–H groups in total. The summed E-state index contributed by atoms with van der Waals surface area (Å²) in [6.07, 6.45) is 0.404. The van der Waals surface area contributed by atoms with Crippen molar-refractivity contribution in [1.82, 2.24) is 15.3 Å². The topological polar surface area (TPSA) is 37.8 Å². The summed E-state index contributed by atoms with van der Waals surface area (Å²) in [5, 5.41) is 3.06. The molecule has 0 radical (unpaired) electrons. The van der Waals surface area contributed by atoms with Crippen LogP contribution < -0.4 is 5.32 Å². The van der Waals surface area contributed by atoms with Crippen LogP contribution in [0.4, 0.5) is 13.2 Å². The van der Waals surface area contributed by atoms with Crippen LogP contribution in [0.2, 0.25) is 0 Å². The summed E-state index contributed by atoms with van der Waals surface area (Å²) >= 11 is 0. The first-order chi connectivity index (χ1) is 8.03. The minimum absolute atomic E-state index is 0.0117. The standard InChI is InChI=1S/C11H16F3N3/c1-2-5-16-9(3-4-11(12,13)14)10-8-15-6-7-17-10/h6-9,16H,2-5H2,1H3. The second-order valence-electron chi connectivity index (χ2n) is 3.79. The fraction of sp³-hybridized carbons (Fsp3) is 0.636. The molecule has 3 nitrogen and oxygen atoms in total. The molecule has 0 saturated heterocycles. The van der Waals surface area contributed by atoms with Crippen LogP contribution in [0.15, 0.2) is 18.6 Å². The lowest BCUT2D eigenvalue weighted by Crippen LogP contribution is -2.25. The molecule has 0 saturated carbocycles. The predicted octanol–water partition coefficient (Wildman–Crippen LogP) is 2.86. The second kappa shape index (κ2) is 6.54. The van der Waals surface area contributed by atoms with E-state index in [1.165, 1.54) is 18.6 Å². The summed E-state index contributed by atoms with van der Waals surface area (Å²) in [4.78, 5) is 7.91. The van der Waals surface area contributed by atoms with Crippen LogP contribution in [-0.4, -0.2) is 22.7 Å². The van der Waals surface area contributed by atoms with Crippen molar-refractivity contribution < 1.29 is 13.2 Å². The number of nitrogens with zero attached hydrogens (tertiary/aromatic N) is 2. The molecule has 1 rings (SSSR count). The molecule has 1 unspecified atom stereocenters. The van der Waals surface area contributed by atoms with Crippen LogP contribution >= 0.6 is 0 Å². The molecule has 0 amide bonds. The largest absolute Gasteiger partial charge is 0.389 e. The summed E-state index contributed by atoms with van der Waals surface area (Å²) < 4.78 is 36.6. The van der Waals surface area contributed by atoms with Gasteiger partial charge in [0.05, 0.1) is 11.7 Å². The van der Waals surface area contributed by atoms with Crippen molar-refractivity contribution in [2.75, 3.05) is 6.54 Å². The minimum Gasteiger partial charge on any atom is -0.309 e. The average molecular weight is 247 g/mol. The number of aromatic nitrogens is 2. The lowest BCUT2D eigenvalue weighted by atomic mass is 10.1. The number of nitrogens with one attached hydrogen (secondary N) is 1. The van der Waals surface area contributed by atoms with E-state index in [-0.39, 0.29) is 12.5 Å². The van der Waals surface area contributed by atoms with Gasteiger partial charge in [-0.1, -0.05) is 6.92 Å². The van der Waals surface area contributed by atoms with E-state index in [1.807, 2.05) is 6.92 Å². The summed E-state index contributed by atoms with van der Waals surface area (Å²) in [5.41, 5.74) is 0.560. The number of alkyl halides is 3. The van der Waals surface area contributed by atoms with Gasteiger partial charge >= 0.3 is 6.18 Å². The van der Waals surface area contributed by atoms with E-state index in [0.717, 1.165) is 6.42 Å². The molecule has 0 fully saturated rings. The monoisotopic (exact) mass is 247 g/mol. The molecule has 0 aliphatic heterocycles. The maximum Gasteiger partial charge on any atom is 0.389 e. The zero-order valence-electron chi connectivity index (χ0n) is 9.67.